The first kappa shape index (κ1) is 16.5. The van der Waals surface area contributed by atoms with E-state index in [1.54, 1.807) is 12.1 Å². The van der Waals surface area contributed by atoms with E-state index in [1.807, 2.05) is 6.92 Å². The Morgan fingerprint density at radius 1 is 1.05 bits per heavy atom. The Hall–Kier alpha value is -2.57. The highest BCUT2D eigenvalue weighted by molar-refractivity contribution is 5.97. The van der Waals surface area contributed by atoms with Gasteiger partial charge in [-0.05, 0) is 30.7 Å². The van der Waals surface area contributed by atoms with Crippen molar-refractivity contribution in [1.82, 2.24) is 4.90 Å². The van der Waals surface area contributed by atoms with Crippen LogP contribution in [-0.4, -0.2) is 52.7 Å². The molecule has 7 nitrogen and oxygen atoms in total. The van der Waals surface area contributed by atoms with Crippen LogP contribution in [0.25, 0.3) is 0 Å². The summed E-state index contributed by atoms with van der Waals surface area (Å²) in [4.78, 5) is 34.2. The van der Waals surface area contributed by atoms with Crippen LogP contribution >= 0.6 is 0 Å². The lowest BCUT2D eigenvalue weighted by Crippen LogP contribution is -2.39. The van der Waals surface area contributed by atoms with Crippen LogP contribution in [0.2, 0.25) is 0 Å². The number of carbonyl (C=O) groups is 3. The zero-order valence-electron chi connectivity index (χ0n) is 11.6. The molecule has 0 radical (unpaired) electrons. The fourth-order valence-electron chi connectivity index (χ4n) is 1.62. The monoisotopic (exact) mass is 295 g/mol. The summed E-state index contributed by atoms with van der Waals surface area (Å²) in [5.41, 5.74) is 0.210. The van der Waals surface area contributed by atoms with Crippen molar-refractivity contribution in [2.45, 2.75) is 13.3 Å². The van der Waals surface area contributed by atoms with Crippen LogP contribution in [0.15, 0.2) is 24.3 Å². The van der Waals surface area contributed by atoms with Crippen LogP contribution in [-0.2, 0) is 9.59 Å². The molecule has 21 heavy (non-hydrogen) atoms. The van der Waals surface area contributed by atoms with Crippen LogP contribution in [0, 0.1) is 0 Å². The van der Waals surface area contributed by atoms with Crippen molar-refractivity contribution < 1.29 is 29.3 Å². The molecule has 0 unspecified atom stereocenters. The molecule has 0 atom stereocenters. The first-order chi connectivity index (χ1) is 9.93. The van der Waals surface area contributed by atoms with Gasteiger partial charge in [0.25, 0.3) is 5.91 Å². The molecule has 0 aliphatic heterocycles. The van der Waals surface area contributed by atoms with E-state index in [-0.39, 0.29) is 5.56 Å². The van der Waals surface area contributed by atoms with Gasteiger partial charge in [0.1, 0.15) is 18.8 Å². The standard InChI is InChI=1S/C14H17NO6/c1-2-7-21-11-5-3-10(4-6-11)14(20)15(8-12(16)17)9-13(18)19/h3-6H,2,7-9H2,1H3,(H,16,17)(H,18,19). The summed E-state index contributed by atoms with van der Waals surface area (Å²) in [6.45, 7) is 1.18. The predicted octanol–water partition coefficient (Wildman–Crippen LogP) is 1.09. The molecule has 0 aromatic heterocycles. The number of nitrogens with zero attached hydrogens (tertiary/aromatic N) is 1. The molecule has 1 aromatic rings. The van der Waals surface area contributed by atoms with Gasteiger partial charge in [0, 0.05) is 5.56 Å². The average Bonchev–Trinajstić information content (AvgIpc) is 2.43. The molecule has 0 aliphatic rings. The van der Waals surface area contributed by atoms with E-state index in [0.29, 0.717) is 12.4 Å². The summed E-state index contributed by atoms with van der Waals surface area (Å²) >= 11 is 0. The van der Waals surface area contributed by atoms with E-state index >= 15 is 0 Å². The van der Waals surface area contributed by atoms with Gasteiger partial charge in [-0.15, -0.1) is 0 Å². The number of rotatable bonds is 8. The lowest BCUT2D eigenvalue weighted by Gasteiger charge is -2.18. The molecule has 114 valence electrons. The third-order valence-corrected chi connectivity index (χ3v) is 2.51. The molecule has 0 heterocycles. The first-order valence-corrected chi connectivity index (χ1v) is 6.39. The maximum absolute atomic E-state index is 12.1. The van der Waals surface area contributed by atoms with Crippen molar-refractivity contribution in [2.75, 3.05) is 19.7 Å². The van der Waals surface area contributed by atoms with Gasteiger partial charge in [-0.3, -0.25) is 14.4 Å². The van der Waals surface area contributed by atoms with E-state index in [2.05, 4.69) is 0 Å². The van der Waals surface area contributed by atoms with Crippen molar-refractivity contribution in [3.05, 3.63) is 29.8 Å². The summed E-state index contributed by atoms with van der Waals surface area (Å²) in [6, 6.07) is 6.12. The normalized spacial score (nSPS) is 9.95. The molecule has 0 aliphatic carbocycles. The number of hydrogen-bond acceptors (Lipinski definition) is 4. The predicted molar refractivity (Wildman–Crippen MR) is 73.4 cm³/mol. The highest BCUT2D eigenvalue weighted by Gasteiger charge is 2.21. The largest absolute Gasteiger partial charge is 0.494 e. The minimum absolute atomic E-state index is 0.210. The van der Waals surface area contributed by atoms with Crippen LogP contribution in [0.1, 0.15) is 23.7 Å². The number of carboxylic acids is 2. The molecule has 0 saturated carbocycles. The molecular formula is C14H17NO6. The quantitative estimate of drug-likeness (QED) is 0.744. The SMILES string of the molecule is CCCOc1ccc(C(=O)N(CC(=O)O)CC(=O)O)cc1. The summed E-state index contributed by atoms with van der Waals surface area (Å²) in [7, 11) is 0. The van der Waals surface area contributed by atoms with E-state index in [1.165, 1.54) is 12.1 Å². The number of aliphatic carboxylic acids is 2. The van der Waals surface area contributed by atoms with E-state index in [4.69, 9.17) is 14.9 Å². The third kappa shape index (κ3) is 5.52. The molecule has 7 heteroatoms. The molecule has 1 amide bonds. The Balaban J connectivity index is 2.82. The van der Waals surface area contributed by atoms with Crippen molar-refractivity contribution >= 4 is 17.8 Å². The highest BCUT2D eigenvalue weighted by Crippen LogP contribution is 2.14. The molecular weight excluding hydrogens is 278 g/mol. The second-order valence-corrected chi connectivity index (χ2v) is 4.32. The summed E-state index contributed by atoms with van der Waals surface area (Å²) < 4.78 is 5.37. The Kier molecular flexibility index (Phi) is 6.19. The van der Waals surface area contributed by atoms with Crippen LogP contribution in [0.3, 0.4) is 0 Å². The van der Waals surface area contributed by atoms with Crippen LogP contribution < -0.4 is 4.74 Å². The van der Waals surface area contributed by atoms with Gasteiger partial charge >= 0.3 is 11.9 Å². The zero-order valence-corrected chi connectivity index (χ0v) is 11.6. The smallest absolute Gasteiger partial charge is 0.323 e. The van der Waals surface area contributed by atoms with Gasteiger partial charge in [-0.25, -0.2) is 0 Å². The topological polar surface area (TPSA) is 104 Å². The minimum atomic E-state index is -1.27. The van der Waals surface area contributed by atoms with Gasteiger partial charge in [0.15, 0.2) is 0 Å². The average molecular weight is 295 g/mol. The van der Waals surface area contributed by atoms with Gasteiger partial charge < -0.3 is 19.8 Å². The Morgan fingerprint density at radius 2 is 1.57 bits per heavy atom. The second kappa shape index (κ2) is 7.88. The number of carbonyl (C=O) groups excluding carboxylic acids is 1. The molecule has 0 bridgehead atoms. The third-order valence-electron chi connectivity index (χ3n) is 2.51. The zero-order chi connectivity index (χ0) is 15.8. The van der Waals surface area contributed by atoms with E-state index in [0.717, 1.165) is 11.3 Å². The van der Waals surface area contributed by atoms with Gasteiger partial charge in [0.05, 0.1) is 6.61 Å². The van der Waals surface area contributed by atoms with Gasteiger partial charge in [0.2, 0.25) is 0 Å². The molecule has 0 fully saturated rings. The van der Waals surface area contributed by atoms with E-state index < -0.39 is 30.9 Å². The van der Waals surface area contributed by atoms with Crippen molar-refractivity contribution in [3.63, 3.8) is 0 Å². The van der Waals surface area contributed by atoms with Crippen LogP contribution in [0.5, 0.6) is 5.75 Å². The van der Waals surface area contributed by atoms with Crippen molar-refractivity contribution in [3.8, 4) is 5.75 Å². The lowest BCUT2D eigenvalue weighted by molar-refractivity contribution is -0.140. The summed E-state index contributed by atoms with van der Waals surface area (Å²) in [5.74, 6) is -2.60. The minimum Gasteiger partial charge on any atom is -0.494 e. The molecule has 1 rings (SSSR count). The first-order valence-electron chi connectivity index (χ1n) is 6.39. The Bertz CT molecular complexity index is 495. The van der Waals surface area contributed by atoms with E-state index in [9.17, 15) is 14.4 Å². The van der Waals surface area contributed by atoms with Crippen molar-refractivity contribution in [2.24, 2.45) is 0 Å². The van der Waals surface area contributed by atoms with Gasteiger partial charge in [-0.1, -0.05) is 6.92 Å². The van der Waals surface area contributed by atoms with Crippen LogP contribution in [0.4, 0.5) is 0 Å². The fourth-order valence-corrected chi connectivity index (χ4v) is 1.62. The maximum atomic E-state index is 12.1. The molecule has 0 spiro atoms. The summed E-state index contributed by atoms with van der Waals surface area (Å²) in [6.07, 6.45) is 0.853. The molecule has 0 saturated heterocycles. The number of ether oxygens (including phenoxy) is 1. The maximum Gasteiger partial charge on any atom is 0.323 e. The second-order valence-electron chi connectivity index (χ2n) is 4.32. The molecule has 1 aromatic carbocycles. The lowest BCUT2D eigenvalue weighted by atomic mass is 10.2. The number of amides is 1. The summed E-state index contributed by atoms with van der Waals surface area (Å²) in [5, 5.41) is 17.5. The fraction of sp³-hybridized carbons (Fsp3) is 0.357. The highest BCUT2D eigenvalue weighted by atomic mass is 16.5. The number of benzene rings is 1. The van der Waals surface area contributed by atoms with Gasteiger partial charge in [-0.2, -0.15) is 0 Å². The van der Waals surface area contributed by atoms with Crippen molar-refractivity contribution in [1.29, 1.82) is 0 Å². The number of hydrogen-bond donors (Lipinski definition) is 2. The Labute approximate surface area is 121 Å². The number of carboxylic acid groups (broad SMARTS) is 2. The Morgan fingerprint density at radius 3 is 2.00 bits per heavy atom. The molecule has 2 N–H and O–H groups in total.